The summed E-state index contributed by atoms with van der Waals surface area (Å²) in [5.41, 5.74) is -0.668. The van der Waals surface area contributed by atoms with Gasteiger partial charge in [-0.2, -0.15) is 0 Å². The Morgan fingerprint density at radius 1 is 1.57 bits per heavy atom. The molecule has 0 aromatic heterocycles. The number of methoxy groups -OCH3 is 1. The quantitative estimate of drug-likeness (QED) is 0.471. The van der Waals surface area contributed by atoms with Crippen LogP contribution < -0.4 is 0 Å². The maximum absolute atomic E-state index is 11.6. The van der Waals surface area contributed by atoms with Gasteiger partial charge >= 0.3 is 0 Å². The normalized spacial score (nSPS) is 35.0. The molecule has 2 rings (SSSR count). The molecule has 1 spiro atoms. The molecule has 1 saturated heterocycles. The maximum atomic E-state index is 11.6. The maximum Gasteiger partial charge on any atom is 0.198 e. The standard InChI is InChI=1S/C10H10O4/c1-6-10(14-6)7(5-11)3-8(13-2)4-9(10)12/h3-6H,1-2H3/t6?,10-/m0/s1. The number of carbonyl (C=O) groups is 2. The van der Waals surface area contributed by atoms with Crippen molar-refractivity contribution >= 4 is 12.1 Å². The predicted octanol–water partition coefficient (Wildman–Crippen LogP) is 0.382. The highest BCUT2D eigenvalue weighted by Crippen LogP contribution is 2.45. The Hall–Kier alpha value is -1.42. The molecule has 1 aliphatic carbocycles. The van der Waals surface area contributed by atoms with E-state index in [9.17, 15) is 9.59 Å². The summed E-state index contributed by atoms with van der Waals surface area (Å²) in [5.74, 6) is 0.178. The molecule has 1 heterocycles. The van der Waals surface area contributed by atoms with E-state index in [-0.39, 0.29) is 11.9 Å². The number of epoxide rings is 1. The third-order valence-electron chi connectivity index (χ3n) is 2.61. The van der Waals surface area contributed by atoms with Crippen molar-refractivity contribution in [2.45, 2.75) is 18.6 Å². The van der Waals surface area contributed by atoms with E-state index in [4.69, 9.17) is 9.47 Å². The minimum atomic E-state index is -1.01. The first-order valence-electron chi connectivity index (χ1n) is 4.30. The van der Waals surface area contributed by atoms with Gasteiger partial charge in [-0.3, -0.25) is 9.59 Å². The SMILES string of the molecule is COC1=CC(=O)[C@@]2(OC2C)C(C=O)=C1. The van der Waals surface area contributed by atoms with Crippen molar-refractivity contribution in [3.63, 3.8) is 0 Å². The molecular formula is C10H10O4. The van der Waals surface area contributed by atoms with E-state index in [1.807, 2.05) is 0 Å². The fraction of sp³-hybridized carbons (Fsp3) is 0.400. The van der Waals surface area contributed by atoms with Gasteiger partial charge in [0.25, 0.3) is 0 Å². The van der Waals surface area contributed by atoms with Gasteiger partial charge in [0.05, 0.1) is 13.2 Å². The molecule has 0 bridgehead atoms. The number of hydrogen-bond acceptors (Lipinski definition) is 4. The lowest BCUT2D eigenvalue weighted by atomic mass is 9.87. The Morgan fingerprint density at radius 3 is 2.64 bits per heavy atom. The largest absolute Gasteiger partial charge is 0.497 e. The average molecular weight is 194 g/mol. The van der Waals surface area contributed by atoms with E-state index in [1.165, 1.54) is 19.3 Å². The lowest BCUT2D eigenvalue weighted by Crippen LogP contribution is -2.31. The van der Waals surface area contributed by atoms with Crippen LogP contribution in [0.25, 0.3) is 0 Å². The number of hydrogen-bond donors (Lipinski definition) is 0. The second kappa shape index (κ2) is 2.78. The zero-order chi connectivity index (χ0) is 10.3. The number of rotatable bonds is 2. The summed E-state index contributed by atoms with van der Waals surface area (Å²) in [6.07, 6.45) is 3.32. The van der Waals surface area contributed by atoms with Gasteiger partial charge in [0.2, 0.25) is 0 Å². The van der Waals surface area contributed by atoms with Gasteiger partial charge in [-0.1, -0.05) is 0 Å². The van der Waals surface area contributed by atoms with Gasteiger partial charge in [-0.15, -0.1) is 0 Å². The Kier molecular flexibility index (Phi) is 1.82. The van der Waals surface area contributed by atoms with E-state index in [0.717, 1.165) is 0 Å². The molecule has 2 atom stereocenters. The summed E-state index contributed by atoms with van der Waals surface area (Å²) in [6, 6.07) is 0. The average Bonchev–Trinajstić information content (AvgIpc) is 2.84. The lowest BCUT2D eigenvalue weighted by molar-refractivity contribution is -0.120. The van der Waals surface area contributed by atoms with E-state index < -0.39 is 5.60 Å². The zero-order valence-corrected chi connectivity index (χ0v) is 7.94. The molecule has 2 aliphatic rings. The molecule has 0 saturated carbocycles. The summed E-state index contributed by atoms with van der Waals surface area (Å²) in [5, 5.41) is 0. The fourth-order valence-electron chi connectivity index (χ4n) is 1.73. The molecule has 1 fully saturated rings. The summed E-state index contributed by atoms with van der Waals surface area (Å²) in [6.45, 7) is 1.76. The molecule has 4 nitrogen and oxygen atoms in total. The Balaban J connectivity index is 2.42. The smallest absolute Gasteiger partial charge is 0.198 e. The molecule has 1 aliphatic heterocycles. The van der Waals surface area contributed by atoms with Crippen LogP contribution >= 0.6 is 0 Å². The van der Waals surface area contributed by atoms with Gasteiger partial charge in [0, 0.05) is 11.6 Å². The van der Waals surface area contributed by atoms with Crippen molar-refractivity contribution in [2.24, 2.45) is 0 Å². The molecule has 14 heavy (non-hydrogen) atoms. The van der Waals surface area contributed by atoms with Crippen molar-refractivity contribution < 1.29 is 19.1 Å². The summed E-state index contributed by atoms with van der Waals surface area (Å²) >= 11 is 0. The van der Waals surface area contributed by atoms with Crippen LogP contribution in [0.3, 0.4) is 0 Å². The summed E-state index contributed by atoms with van der Waals surface area (Å²) < 4.78 is 10.1. The third-order valence-corrected chi connectivity index (χ3v) is 2.61. The molecule has 1 unspecified atom stereocenters. The van der Waals surface area contributed by atoms with Gasteiger partial charge < -0.3 is 9.47 Å². The van der Waals surface area contributed by atoms with E-state index in [1.54, 1.807) is 6.92 Å². The van der Waals surface area contributed by atoms with Crippen molar-refractivity contribution in [3.05, 3.63) is 23.5 Å². The van der Waals surface area contributed by atoms with Crippen LogP contribution in [-0.2, 0) is 19.1 Å². The number of ether oxygens (including phenoxy) is 2. The molecule has 74 valence electrons. The van der Waals surface area contributed by atoms with Gasteiger partial charge in [0.1, 0.15) is 12.0 Å². The Labute approximate surface area is 81.2 Å². The van der Waals surface area contributed by atoms with Crippen molar-refractivity contribution in [1.82, 2.24) is 0 Å². The minimum Gasteiger partial charge on any atom is -0.497 e. The Bertz CT molecular complexity index is 366. The molecule has 4 heteroatoms. The topological polar surface area (TPSA) is 55.9 Å². The van der Waals surface area contributed by atoms with Gasteiger partial charge in [-0.25, -0.2) is 0 Å². The van der Waals surface area contributed by atoms with Gasteiger partial charge in [0.15, 0.2) is 11.4 Å². The molecule has 0 amide bonds. The van der Waals surface area contributed by atoms with E-state index in [0.29, 0.717) is 17.6 Å². The van der Waals surface area contributed by atoms with Crippen molar-refractivity contribution in [1.29, 1.82) is 0 Å². The van der Waals surface area contributed by atoms with Crippen LogP contribution in [0.1, 0.15) is 6.92 Å². The first-order valence-corrected chi connectivity index (χ1v) is 4.30. The molecule has 0 radical (unpaired) electrons. The highest BCUT2D eigenvalue weighted by atomic mass is 16.6. The Morgan fingerprint density at radius 2 is 2.21 bits per heavy atom. The van der Waals surface area contributed by atoms with Crippen LogP contribution in [0.5, 0.6) is 0 Å². The molecule has 0 aromatic carbocycles. The van der Waals surface area contributed by atoms with Crippen molar-refractivity contribution in [3.8, 4) is 0 Å². The lowest BCUT2D eigenvalue weighted by Gasteiger charge is -2.15. The molecular weight excluding hydrogens is 184 g/mol. The first-order chi connectivity index (χ1) is 6.65. The monoisotopic (exact) mass is 194 g/mol. The third kappa shape index (κ3) is 0.974. The van der Waals surface area contributed by atoms with Crippen molar-refractivity contribution in [2.75, 3.05) is 7.11 Å². The second-order valence-corrected chi connectivity index (χ2v) is 3.33. The number of allylic oxidation sites excluding steroid dienone is 1. The van der Waals surface area contributed by atoms with Crippen LogP contribution in [0.4, 0.5) is 0 Å². The second-order valence-electron chi connectivity index (χ2n) is 3.33. The van der Waals surface area contributed by atoms with E-state index in [2.05, 4.69) is 0 Å². The number of ketones is 1. The number of aldehydes is 1. The predicted molar refractivity (Wildman–Crippen MR) is 47.5 cm³/mol. The summed E-state index contributed by atoms with van der Waals surface area (Å²) in [4.78, 5) is 22.4. The first kappa shape index (κ1) is 9.15. The zero-order valence-electron chi connectivity index (χ0n) is 7.94. The van der Waals surface area contributed by atoms with Crippen LogP contribution in [-0.4, -0.2) is 30.9 Å². The minimum absolute atomic E-state index is 0.216. The van der Waals surface area contributed by atoms with Crippen LogP contribution in [0.15, 0.2) is 23.5 Å². The van der Waals surface area contributed by atoms with Crippen LogP contribution in [0.2, 0.25) is 0 Å². The molecule has 0 aromatic rings. The highest BCUT2D eigenvalue weighted by molar-refractivity contribution is 6.09. The summed E-state index contributed by atoms with van der Waals surface area (Å²) in [7, 11) is 1.45. The molecule has 0 N–H and O–H groups in total. The fourth-order valence-corrected chi connectivity index (χ4v) is 1.73. The number of carbonyl (C=O) groups excluding carboxylic acids is 2. The van der Waals surface area contributed by atoms with Crippen LogP contribution in [0, 0.1) is 0 Å². The highest BCUT2D eigenvalue weighted by Gasteiger charge is 2.62. The van der Waals surface area contributed by atoms with E-state index >= 15 is 0 Å². The van der Waals surface area contributed by atoms with Gasteiger partial charge in [-0.05, 0) is 13.0 Å².